The van der Waals surface area contributed by atoms with Gasteiger partial charge < -0.3 is 9.31 Å². The molecule has 0 bridgehead atoms. The predicted molar refractivity (Wildman–Crippen MR) is 64.8 cm³/mol. The van der Waals surface area contributed by atoms with E-state index in [1.165, 1.54) is 0 Å². The molecule has 0 N–H and O–H groups in total. The summed E-state index contributed by atoms with van der Waals surface area (Å²) in [6, 6.07) is 3.56. The monoisotopic (exact) mass is 237 g/mol. The number of hydrogen-bond donors (Lipinski definition) is 0. The Labute approximate surface area is 101 Å². The van der Waals surface area contributed by atoms with Crippen molar-refractivity contribution in [3.8, 4) is 0 Å². The summed E-state index contributed by atoms with van der Waals surface area (Å²) in [6.45, 7) is 7.27. The molecule has 1 aromatic rings. The van der Waals surface area contributed by atoms with Gasteiger partial charge in [0, 0.05) is 11.7 Å². The lowest BCUT2D eigenvalue weighted by Gasteiger charge is -2.32. The van der Waals surface area contributed by atoms with Crippen LogP contribution in [0.3, 0.4) is 0 Å². The lowest BCUT2D eigenvalue weighted by atomic mass is 9.78. The quantitative estimate of drug-likeness (QED) is 0.735. The zero-order chi connectivity index (χ0) is 12.7. The van der Waals surface area contributed by atoms with Crippen molar-refractivity contribution >= 4 is 12.6 Å². The van der Waals surface area contributed by atoms with Crippen molar-refractivity contribution in [1.82, 2.24) is 4.98 Å². The van der Waals surface area contributed by atoms with E-state index in [0.717, 1.165) is 0 Å². The Balaban J connectivity index is 2.32. The van der Waals surface area contributed by atoms with Gasteiger partial charge in [0.1, 0.15) is 6.67 Å². The number of alkyl halides is 1. The molecule has 0 unspecified atom stereocenters. The van der Waals surface area contributed by atoms with Gasteiger partial charge in [-0.15, -0.1) is 0 Å². The third kappa shape index (κ3) is 2.09. The molecule has 0 amide bonds. The molecule has 1 aliphatic heterocycles. The van der Waals surface area contributed by atoms with E-state index in [9.17, 15) is 4.39 Å². The van der Waals surface area contributed by atoms with Gasteiger partial charge >= 0.3 is 7.12 Å². The number of hydrogen-bond acceptors (Lipinski definition) is 3. The van der Waals surface area contributed by atoms with Crippen molar-refractivity contribution in [3.63, 3.8) is 0 Å². The van der Waals surface area contributed by atoms with Gasteiger partial charge in [-0.1, -0.05) is 6.07 Å². The second kappa shape index (κ2) is 4.07. The van der Waals surface area contributed by atoms with Gasteiger partial charge in [-0.2, -0.15) is 0 Å². The van der Waals surface area contributed by atoms with E-state index < -0.39 is 25.0 Å². The van der Waals surface area contributed by atoms with Crippen LogP contribution >= 0.6 is 0 Å². The van der Waals surface area contributed by atoms with E-state index in [1.807, 2.05) is 27.7 Å². The fraction of sp³-hybridized carbons (Fsp3) is 0.583. The molecule has 0 atom stereocenters. The van der Waals surface area contributed by atoms with Gasteiger partial charge in [0.2, 0.25) is 0 Å². The summed E-state index contributed by atoms with van der Waals surface area (Å²) < 4.78 is 24.6. The smallest absolute Gasteiger partial charge is 0.399 e. The Morgan fingerprint density at radius 1 is 1.24 bits per heavy atom. The maximum absolute atomic E-state index is 12.9. The van der Waals surface area contributed by atoms with E-state index in [-0.39, 0.29) is 0 Å². The van der Waals surface area contributed by atoms with Crippen LogP contribution in [0.4, 0.5) is 4.39 Å². The molecule has 0 saturated carbocycles. The van der Waals surface area contributed by atoms with Crippen LogP contribution in [0.5, 0.6) is 0 Å². The van der Waals surface area contributed by atoms with Crippen LogP contribution in [0.2, 0.25) is 0 Å². The highest BCUT2D eigenvalue weighted by Crippen LogP contribution is 2.36. The van der Waals surface area contributed by atoms with E-state index in [1.54, 1.807) is 18.3 Å². The lowest BCUT2D eigenvalue weighted by Crippen LogP contribution is -2.41. The highest BCUT2D eigenvalue weighted by Gasteiger charge is 2.52. The average Bonchev–Trinajstić information content (AvgIpc) is 2.48. The van der Waals surface area contributed by atoms with E-state index in [4.69, 9.17) is 9.31 Å². The van der Waals surface area contributed by atoms with Crippen LogP contribution in [0, 0.1) is 0 Å². The average molecular weight is 237 g/mol. The molecule has 0 spiro atoms. The number of nitrogens with zero attached hydrogens (tertiary/aromatic N) is 1. The molecule has 1 fully saturated rings. The molecule has 0 aromatic carbocycles. The summed E-state index contributed by atoms with van der Waals surface area (Å²) in [7, 11) is -0.542. The first-order valence-corrected chi connectivity index (χ1v) is 5.73. The van der Waals surface area contributed by atoms with E-state index >= 15 is 0 Å². The van der Waals surface area contributed by atoms with Crippen molar-refractivity contribution < 1.29 is 13.7 Å². The molecule has 17 heavy (non-hydrogen) atoms. The molecule has 1 aliphatic rings. The highest BCUT2D eigenvalue weighted by molar-refractivity contribution is 6.62. The predicted octanol–water partition coefficient (Wildman–Crippen LogP) is 1.85. The summed E-state index contributed by atoms with van der Waals surface area (Å²) >= 11 is 0. The number of rotatable bonds is 2. The maximum Gasteiger partial charge on any atom is 0.496 e. The number of halogens is 1. The Morgan fingerprint density at radius 3 is 2.35 bits per heavy atom. The van der Waals surface area contributed by atoms with Crippen LogP contribution in [0.1, 0.15) is 33.4 Å². The zero-order valence-electron chi connectivity index (χ0n) is 10.7. The molecule has 5 heteroatoms. The van der Waals surface area contributed by atoms with Crippen LogP contribution < -0.4 is 5.46 Å². The first-order valence-electron chi connectivity index (χ1n) is 5.73. The molecule has 3 nitrogen and oxygen atoms in total. The molecule has 2 rings (SSSR count). The summed E-state index contributed by atoms with van der Waals surface area (Å²) in [5.74, 6) is 0. The molecule has 0 aliphatic carbocycles. The second-order valence-corrected chi connectivity index (χ2v) is 5.26. The third-order valence-electron chi connectivity index (χ3n) is 3.56. The minimum atomic E-state index is -0.611. The SMILES string of the molecule is CC1(C)OB(c2cccnc2CF)OC1(C)C. The van der Waals surface area contributed by atoms with Crippen LogP contribution in [0.15, 0.2) is 18.3 Å². The Kier molecular flexibility index (Phi) is 3.00. The van der Waals surface area contributed by atoms with Gasteiger partial charge in [-0.05, 0) is 33.8 Å². The van der Waals surface area contributed by atoms with Gasteiger partial charge in [0.05, 0.1) is 16.9 Å². The second-order valence-electron chi connectivity index (χ2n) is 5.26. The molecule has 2 heterocycles. The molecular weight excluding hydrogens is 220 g/mol. The van der Waals surface area contributed by atoms with E-state index in [2.05, 4.69) is 4.98 Å². The Hall–Kier alpha value is -0.935. The minimum absolute atomic E-state index is 0.381. The summed E-state index contributed by atoms with van der Waals surface area (Å²) in [4.78, 5) is 4.00. The van der Waals surface area contributed by atoms with Crippen molar-refractivity contribution in [2.75, 3.05) is 0 Å². The van der Waals surface area contributed by atoms with Crippen LogP contribution in [-0.4, -0.2) is 23.3 Å². The number of pyridine rings is 1. The van der Waals surface area contributed by atoms with Gasteiger partial charge in [-0.3, -0.25) is 4.98 Å². The first kappa shape index (κ1) is 12.5. The normalized spacial score (nSPS) is 21.8. The van der Waals surface area contributed by atoms with Gasteiger partial charge in [0.15, 0.2) is 0 Å². The molecule has 1 aromatic heterocycles. The van der Waals surface area contributed by atoms with Crippen LogP contribution in [-0.2, 0) is 16.0 Å². The van der Waals surface area contributed by atoms with Crippen molar-refractivity contribution in [1.29, 1.82) is 0 Å². The summed E-state index contributed by atoms with van der Waals surface area (Å²) in [5.41, 5.74) is 0.224. The molecular formula is C12H17BFNO2. The largest absolute Gasteiger partial charge is 0.496 e. The van der Waals surface area contributed by atoms with E-state index in [0.29, 0.717) is 11.2 Å². The first-order chi connectivity index (χ1) is 7.87. The Morgan fingerprint density at radius 2 is 1.82 bits per heavy atom. The molecule has 1 saturated heterocycles. The standard InChI is InChI=1S/C12H17BFNO2/c1-11(2)12(3,4)17-13(16-11)9-6-5-7-15-10(9)8-14/h5-7H,8H2,1-4H3. The van der Waals surface area contributed by atoms with Gasteiger partial charge in [-0.25, -0.2) is 4.39 Å². The summed E-state index contributed by atoms with van der Waals surface area (Å²) in [5, 5.41) is 0. The van der Waals surface area contributed by atoms with Crippen LogP contribution in [0.25, 0.3) is 0 Å². The molecule has 0 radical (unpaired) electrons. The fourth-order valence-corrected chi connectivity index (χ4v) is 1.75. The van der Waals surface area contributed by atoms with Crippen molar-refractivity contribution in [2.24, 2.45) is 0 Å². The minimum Gasteiger partial charge on any atom is -0.399 e. The third-order valence-corrected chi connectivity index (χ3v) is 3.56. The summed E-state index contributed by atoms with van der Waals surface area (Å²) in [6.07, 6.45) is 1.57. The maximum atomic E-state index is 12.9. The fourth-order valence-electron chi connectivity index (χ4n) is 1.75. The Bertz CT molecular complexity index is 407. The molecule has 92 valence electrons. The zero-order valence-corrected chi connectivity index (χ0v) is 10.7. The van der Waals surface area contributed by atoms with Crippen molar-refractivity contribution in [3.05, 3.63) is 24.0 Å². The van der Waals surface area contributed by atoms with Gasteiger partial charge in [0.25, 0.3) is 0 Å². The van der Waals surface area contributed by atoms with Crippen molar-refractivity contribution in [2.45, 2.75) is 45.6 Å². The highest BCUT2D eigenvalue weighted by atomic mass is 19.1. The topological polar surface area (TPSA) is 31.4 Å². The number of aromatic nitrogens is 1. The lowest BCUT2D eigenvalue weighted by molar-refractivity contribution is 0.00578.